The molecule has 3 heteroatoms. The molecule has 0 spiro atoms. The molecule has 0 saturated carbocycles. The number of rotatable bonds is 8. The monoisotopic (exact) mass is 883 g/mol. The summed E-state index contributed by atoms with van der Waals surface area (Å²) >= 11 is 0. The first-order valence-corrected chi connectivity index (χ1v) is 24.0. The van der Waals surface area contributed by atoms with E-state index in [1.165, 1.54) is 77.2 Å². The zero-order chi connectivity index (χ0) is 46.3. The smallest absolute Gasteiger partial charge is 0.0749 e. The first kappa shape index (κ1) is 40.7. The van der Waals surface area contributed by atoms with E-state index in [0.717, 1.165) is 39.8 Å². The lowest BCUT2D eigenvalue weighted by molar-refractivity contribution is 0.657. The van der Waals surface area contributed by atoms with Gasteiger partial charge in [-0.1, -0.05) is 183 Å². The first-order valence-electron chi connectivity index (χ1n) is 24.0. The van der Waals surface area contributed by atoms with Crippen molar-refractivity contribution in [2.75, 3.05) is 9.80 Å². The van der Waals surface area contributed by atoms with E-state index in [-0.39, 0.29) is 5.41 Å². The van der Waals surface area contributed by atoms with Gasteiger partial charge in [-0.05, 0) is 140 Å². The van der Waals surface area contributed by atoms with Crippen LogP contribution in [0.15, 0.2) is 243 Å². The van der Waals surface area contributed by atoms with Crippen molar-refractivity contribution >= 4 is 55.7 Å². The van der Waals surface area contributed by atoms with Crippen molar-refractivity contribution in [1.82, 2.24) is 4.98 Å². The number of anilines is 6. The van der Waals surface area contributed by atoms with E-state index in [1.807, 2.05) is 6.20 Å². The average molecular weight is 884 g/mol. The van der Waals surface area contributed by atoms with Crippen LogP contribution in [0.4, 0.5) is 34.1 Å². The van der Waals surface area contributed by atoms with E-state index in [9.17, 15) is 0 Å². The van der Waals surface area contributed by atoms with E-state index in [2.05, 4.69) is 267 Å². The van der Waals surface area contributed by atoms with Crippen LogP contribution in [0.1, 0.15) is 52.8 Å². The van der Waals surface area contributed by atoms with Crippen LogP contribution in [-0.2, 0) is 10.8 Å². The number of para-hydroxylation sites is 2. The molecule has 0 fully saturated rings. The highest BCUT2D eigenvalue weighted by Gasteiger charge is 2.53. The molecule has 0 saturated heterocycles. The molecule has 1 heterocycles. The fourth-order valence-corrected chi connectivity index (χ4v) is 11.7. The lowest BCUT2D eigenvalue weighted by atomic mass is 9.65. The van der Waals surface area contributed by atoms with Crippen molar-refractivity contribution in [2.45, 2.75) is 31.6 Å². The van der Waals surface area contributed by atoms with Crippen molar-refractivity contribution in [3.63, 3.8) is 0 Å². The van der Waals surface area contributed by atoms with Crippen molar-refractivity contribution in [3.8, 4) is 22.4 Å². The number of nitrogens with zero attached hydrogens (tertiary/aromatic N) is 3. The highest BCUT2D eigenvalue weighted by Crippen LogP contribution is 2.66. The maximum atomic E-state index is 5.36. The van der Waals surface area contributed by atoms with Crippen LogP contribution >= 0.6 is 0 Å². The highest BCUT2D eigenvalue weighted by molar-refractivity contribution is 6.05. The Morgan fingerprint density at radius 1 is 0.377 bits per heavy atom. The maximum Gasteiger partial charge on any atom is 0.0749 e. The highest BCUT2D eigenvalue weighted by atomic mass is 15.2. The van der Waals surface area contributed by atoms with E-state index >= 15 is 0 Å². The van der Waals surface area contributed by atoms with Gasteiger partial charge in [0.25, 0.3) is 0 Å². The van der Waals surface area contributed by atoms with Gasteiger partial charge in [0.1, 0.15) is 0 Å². The Morgan fingerprint density at radius 3 is 1.54 bits per heavy atom. The summed E-state index contributed by atoms with van der Waals surface area (Å²) in [5.41, 5.74) is 18.8. The summed E-state index contributed by atoms with van der Waals surface area (Å²) in [6.45, 7) is 6.96. The third kappa shape index (κ3) is 6.24. The molecule has 2 aliphatic rings. The SMILES string of the molecule is Cc1ccc(C2(c3ccccc3)c3cc(N(c4ccccc4)c4ccc5ccccc5c4)ccc3-c3c(N(c4ccccc4)c4ccc5ccccc5c4)cc4c(c32)-c2ncccc2C4(C)C)cc1. The van der Waals surface area contributed by atoms with Crippen LogP contribution in [0.5, 0.6) is 0 Å². The van der Waals surface area contributed by atoms with Gasteiger partial charge in [-0.2, -0.15) is 0 Å². The molecule has 3 nitrogen and oxygen atoms in total. The molecule has 69 heavy (non-hydrogen) atoms. The third-order valence-electron chi connectivity index (χ3n) is 15.0. The molecule has 1 aromatic heterocycles. The summed E-state index contributed by atoms with van der Waals surface area (Å²) in [7, 11) is 0. The van der Waals surface area contributed by atoms with Crippen LogP contribution in [-0.4, -0.2) is 4.98 Å². The summed E-state index contributed by atoms with van der Waals surface area (Å²) in [4.78, 5) is 10.3. The number of fused-ring (bicyclic) bond motifs is 9. The Hall–Kier alpha value is -8.53. The lowest BCUT2D eigenvalue weighted by Gasteiger charge is -2.37. The molecule has 328 valence electrons. The van der Waals surface area contributed by atoms with Gasteiger partial charge in [0, 0.05) is 51.2 Å². The van der Waals surface area contributed by atoms with Crippen LogP contribution in [0.3, 0.4) is 0 Å². The second-order valence-corrected chi connectivity index (χ2v) is 19.2. The average Bonchev–Trinajstić information content (AvgIpc) is 3.83. The minimum Gasteiger partial charge on any atom is -0.310 e. The number of hydrogen-bond acceptors (Lipinski definition) is 3. The molecule has 1 atom stereocenters. The molecule has 0 radical (unpaired) electrons. The fourth-order valence-electron chi connectivity index (χ4n) is 11.7. The third-order valence-corrected chi connectivity index (χ3v) is 15.0. The number of aryl methyl sites for hydroxylation is 1. The van der Waals surface area contributed by atoms with Gasteiger partial charge < -0.3 is 9.80 Å². The van der Waals surface area contributed by atoms with Gasteiger partial charge >= 0.3 is 0 Å². The second kappa shape index (κ2) is 15.8. The Morgan fingerprint density at radius 2 is 0.899 bits per heavy atom. The van der Waals surface area contributed by atoms with E-state index in [0.29, 0.717) is 0 Å². The molecule has 0 aliphatic heterocycles. The Balaban J connectivity index is 1.20. The van der Waals surface area contributed by atoms with Crippen LogP contribution in [0.25, 0.3) is 43.9 Å². The number of aromatic nitrogens is 1. The lowest BCUT2D eigenvalue weighted by Crippen LogP contribution is -2.30. The minimum atomic E-state index is -0.775. The summed E-state index contributed by atoms with van der Waals surface area (Å²) in [6.07, 6.45) is 1.98. The van der Waals surface area contributed by atoms with Gasteiger partial charge in [0.2, 0.25) is 0 Å². The topological polar surface area (TPSA) is 19.4 Å². The number of pyridine rings is 1. The largest absolute Gasteiger partial charge is 0.310 e. The van der Waals surface area contributed by atoms with Gasteiger partial charge in [-0.25, -0.2) is 0 Å². The quantitative estimate of drug-likeness (QED) is 0.152. The van der Waals surface area contributed by atoms with E-state index < -0.39 is 5.41 Å². The van der Waals surface area contributed by atoms with Crippen molar-refractivity contribution in [2.24, 2.45) is 0 Å². The molecule has 0 amide bonds. The maximum absolute atomic E-state index is 5.36. The Kier molecular flexibility index (Phi) is 9.32. The van der Waals surface area contributed by atoms with E-state index in [4.69, 9.17) is 4.98 Å². The normalized spacial score (nSPS) is 15.1. The van der Waals surface area contributed by atoms with Gasteiger partial charge in [-0.15, -0.1) is 0 Å². The fraction of sp³-hybridized carbons (Fsp3) is 0.0758. The van der Waals surface area contributed by atoms with Gasteiger partial charge in [0.05, 0.1) is 16.8 Å². The van der Waals surface area contributed by atoms with Crippen molar-refractivity contribution in [3.05, 3.63) is 282 Å². The Labute approximate surface area is 404 Å². The van der Waals surface area contributed by atoms with Gasteiger partial charge in [0.15, 0.2) is 0 Å². The molecule has 13 rings (SSSR count). The Bertz CT molecular complexity index is 3770. The minimum absolute atomic E-state index is 0.357. The van der Waals surface area contributed by atoms with Crippen LogP contribution in [0.2, 0.25) is 0 Å². The van der Waals surface area contributed by atoms with Crippen molar-refractivity contribution in [1.29, 1.82) is 0 Å². The standard InChI is InChI=1S/C66H49N3/c1-44-29-33-50(34-30-44)66(49-22-7-4-8-23-49)58-42-55(68(51-24-9-5-10-25-51)53-35-31-45-18-13-15-20-47(45)40-53)37-38-56(58)61-60(43-59-62(63(61)66)64-57(65(59,2)3)28-17-39-67-64)69(52-26-11-6-12-27-52)54-36-32-46-19-14-16-21-48(46)41-54/h4-43H,1-3H3. The molecule has 11 aromatic rings. The van der Waals surface area contributed by atoms with E-state index in [1.54, 1.807) is 0 Å². The van der Waals surface area contributed by atoms with Crippen molar-refractivity contribution < 1.29 is 0 Å². The number of hydrogen-bond donors (Lipinski definition) is 0. The molecule has 0 bridgehead atoms. The molecule has 10 aromatic carbocycles. The summed E-state index contributed by atoms with van der Waals surface area (Å²) in [5.74, 6) is 0. The molecular formula is C66H49N3. The molecule has 1 unspecified atom stereocenters. The number of benzene rings is 10. The summed E-state index contributed by atoms with van der Waals surface area (Å²) in [5, 5.41) is 4.83. The second-order valence-electron chi connectivity index (χ2n) is 19.2. The summed E-state index contributed by atoms with van der Waals surface area (Å²) < 4.78 is 0. The molecule has 2 aliphatic carbocycles. The zero-order valence-corrected chi connectivity index (χ0v) is 38.9. The molecular weight excluding hydrogens is 835 g/mol. The predicted molar refractivity (Wildman–Crippen MR) is 288 cm³/mol. The summed E-state index contributed by atoms with van der Waals surface area (Å²) in [6, 6.07) is 87.6. The molecule has 0 N–H and O–H groups in total. The van der Waals surface area contributed by atoms with Crippen LogP contribution in [0, 0.1) is 6.92 Å². The zero-order valence-electron chi connectivity index (χ0n) is 38.9. The van der Waals surface area contributed by atoms with Crippen LogP contribution < -0.4 is 9.80 Å². The predicted octanol–water partition coefficient (Wildman–Crippen LogP) is 17.3. The van der Waals surface area contributed by atoms with Gasteiger partial charge in [-0.3, -0.25) is 4.98 Å². The first-order chi connectivity index (χ1) is 33.9.